The molecular weight excluding hydrogens is 471 g/mol. The summed E-state index contributed by atoms with van der Waals surface area (Å²) in [6, 6.07) is 12.1. The van der Waals surface area contributed by atoms with Gasteiger partial charge in [0.2, 0.25) is 0 Å². The summed E-state index contributed by atoms with van der Waals surface area (Å²) in [7, 11) is 0.897. The summed E-state index contributed by atoms with van der Waals surface area (Å²) in [6.07, 6.45) is -4.66. The van der Waals surface area contributed by atoms with Crippen molar-refractivity contribution in [3.63, 3.8) is 0 Å². The van der Waals surface area contributed by atoms with E-state index in [0.29, 0.717) is 34.6 Å². The molecule has 3 aromatic rings. The molecule has 1 aliphatic heterocycles. The van der Waals surface area contributed by atoms with Crippen LogP contribution in [0.25, 0.3) is 11.3 Å². The molecule has 0 saturated carbocycles. The van der Waals surface area contributed by atoms with Crippen LogP contribution in [0.5, 0.6) is 11.5 Å². The van der Waals surface area contributed by atoms with Gasteiger partial charge in [-0.25, -0.2) is 13.4 Å². The monoisotopic (exact) mass is 493 g/mol. The lowest BCUT2D eigenvalue weighted by Crippen LogP contribution is -2.38. The van der Waals surface area contributed by atoms with E-state index in [4.69, 9.17) is 9.47 Å². The lowest BCUT2D eigenvalue weighted by Gasteiger charge is -2.31. The number of ether oxygens (including phenoxy) is 2. The van der Waals surface area contributed by atoms with Gasteiger partial charge in [0.25, 0.3) is 10.0 Å². The van der Waals surface area contributed by atoms with Crippen molar-refractivity contribution in [1.82, 2.24) is 4.98 Å². The first-order valence-electron chi connectivity index (χ1n) is 10.2. The highest BCUT2D eigenvalue weighted by molar-refractivity contribution is 7.92. The Morgan fingerprint density at radius 3 is 2.53 bits per heavy atom. The zero-order valence-corrected chi connectivity index (χ0v) is 19.4. The number of alkyl halides is 3. The number of hydrogen-bond acceptors (Lipinski definition) is 6. The molecule has 7 nitrogen and oxygen atoms in total. The molecule has 0 spiro atoms. The standard InChI is InChI=1S/C23H22F3N3O4S/c1-28(2)22-14-17(32-3)13-19(27-22)15-7-8-21-20(11-15)29(9-10-33-21)34(30,31)18-6-4-5-16(12-18)23(24,25)26/h4-8,11-14H,9-10H2,1-3H3. The van der Waals surface area contributed by atoms with Gasteiger partial charge in [0, 0.05) is 31.8 Å². The van der Waals surface area contributed by atoms with Crippen molar-refractivity contribution < 1.29 is 31.1 Å². The molecule has 0 aliphatic carbocycles. The maximum Gasteiger partial charge on any atom is 0.416 e. The normalized spacial score (nSPS) is 13.8. The summed E-state index contributed by atoms with van der Waals surface area (Å²) in [6.45, 7) is 0.0102. The van der Waals surface area contributed by atoms with E-state index in [0.717, 1.165) is 22.5 Å². The van der Waals surface area contributed by atoms with Crippen molar-refractivity contribution in [2.24, 2.45) is 0 Å². The summed E-state index contributed by atoms with van der Waals surface area (Å²) in [5.74, 6) is 1.51. The van der Waals surface area contributed by atoms with Crippen molar-refractivity contribution >= 4 is 21.5 Å². The molecule has 0 radical (unpaired) electrons. The van der Waals surface area contributed by atoms with Gasteiger partial charge < -0.3 is 14.4 Å². The fraction of sp³-hybridized carbons (Fsp3) is 0.261. The molecule has 0 atom stereocenters. The number of aromatic nitrogens is 1. The lowest BCUT2D eigenvalue weighted by molar-refractivity contribution is -0.137. The second-order valence-corrected chi connectivity index (χ2v) is 9.64. The number of rotatable bonds is 5. The van der Waals surface area contributed by atoms with Gasteiger partial charge in [0.05, 0.1) is 35.5 Å². The zero-order chi connectivity index (χ0) is 24.7. The van der Waals surface area contributed by atoms with Crippen LogP contribution >= 0.6 is 0 Å². The topological polar surface area (TPSA) is 72.0 Å². The minimum absolute atomic E-state index is 0.0521. The van der Waals surface area contributed by atoms with Crippen LogP contribution in [-0.2, 0) is 16.2 Å². The van der Waals surface area contributed by atoms with Crippen LogP contribution in [0.2, 0.25) is 0 Å². The average Bonchev–Trinajstić information content (AvgIpc) is 2.82. The van der Waals surface area contributed by atoms with Gasteiger partial charge in [0.15, 0.2) is 0 Å². The Hall–Kier alpha value is -3.47. The number of anilines is 2. The summed E-state index contributed by atoms with van der Waals surface area (Å²) in [5.41, 5.74) is 0.313. The molecular formula is C23H22F3N3O4S. The quantitative estimate of drug-likeness (QED) is 0.524. The molecule has 4 rings (SSSR count). The molecule has 0 unspecified atom stereocenters. The molecule has 2 aromatic carbocycles. The number of pyridine rings is 1. The van der Waals surface area contributed by atoms with Gasteiger partial charge in [-0.3, -0.25) is 4.31 Å². The minimum Gasteiger partial charge on any atom is -0.497 e. The molecule has 1 aliphatic rings. The van der Waals surface area contributed by atoms with Gasteiger partial charge >= 0.3 is 6.18 Å². The summed E-state index contributed by atoms with van der Waals surface area (Å²) < 4.78 is 78.4. The van der Waals surface area contributed by atoms with Crippen LogP contribution in [0.4, 0.5) is 24.7 Å². The fourth-order valence-electron chi connectivity index (χ4n) is 3.55. The smallest absolute Gasteiger partial charge is 0.416 e. The largest absolute Gasteiger partial charge is 0.497 e. The van der Waals surface area contributed by atoms with E-state index < -0.39 is 26.7 Å². The highest BCUT2D eigenvalue weighted by Crippen LogP contribution is 2.40. The van der Waals surface area contributed by atoms with E-state index in [9.17, 15) is 21.6 Å². The molecule has 1 aromatic heterocycles. The first-order chi connectivity index (χ1) is 16.0. The van der Waals surface area contributed by atoms with E-state index in [2.05, 4.69) is 4.98 Å². The highest BCUT2D eigenvalue weighted by Gasteiger charge is 2.35. The molecule has 0 amide bonds. The lowest BCUT2D eigenvalue weighted by atomic mass is 10.1. The van der Waals surface area contributed by atoms with Gasteiger partial charge in [0.1, 0.15) is 23.9 Å². The van der Waals surface area contributed by atoms with Crippen molar-refractivity contribution in [1.29, 1.82) is 0 Å². The Morgan fingerprint density at radius 2 is 1.85 bits per heavy atom. The van der Waals surface area contributed by atoms with E-state index in [1.165, 1.54) is 7.11 Å². The number of halogens is 3. The molecule has 0 saturated heterocycles. The van der Waals surface area contributed by atoms with Crippen molar-refractivity contribution in [3.05, 3.63) is 60.2 Å². The Kier molecular flexibility index (Phi) is 6.07. The van der Waals surface area contributed by atoms with Crippen LogP contribution in [0.1, 0.15) is 5.56 Å². The summed E-state index contributed by atoms with van der Waals surface area (Å²) in [5, 5.41) is 0. The van der Waals surface area contributed by atoms with E-state index in [1.807, 2.05) is 14.1 Å². The van der Waals surface area contributed by atoms with Crippen LogP contribution in [0.3, 0.4) is 0 Å². The Labute approximate surface area is 195 Å². The van der Waals surface area contributed by atoms with Crippen LogP contribution in [0, 0.1) is 0 Å². The summed E-state index contributed by atoms with van der Waals surface area (Å²) in [4.78, 5) is 5.95. The molecule has 180 valence electrons. The molecule has 34 heavy (non-hydrogen) atoms. The first-order valence-corrected chi connectivity index (χ1v) is 11.7. The van der Waals surface area contributed by atoms with Crippen molar-refractivity contribution in [3.8, 4) is 22.8 Å². The number of fused-ring (bicyclic) bond motifs is 1. The number of sulfonamides is 1. The SMILES string of the molecule is COc1cc(-c2ccc3c(c2)N(S(=O)(=O)c2cccc(C(F)(F)F)c2)CCO3)nc(N(C)C)c1. The van der Waals surface area contributed by atoms with E-state index in [-0.39, 0.29) is 18.8 Å². The van der Waals surface area contributed by atoms with Crippen LogP contribution in [-0.4, -0.2) is 47.8 Å². The Morgan fingerprint density at radius 1 is 1.09 bits per heavy atom. The zero-order valence-electron chi connectivity index (χ0n) is 18.6. The van der Waals surface area contributed by atoms with Gasteiger partial charge in [-0.05, 0) is 36.4 Å². The molecule has 2 heterocycles. The maximum absolute atomic E-state index is 13.4. The predicted octanol–water partition coefficient (Wildman–Crippen LogP) is 4.43. The van der Waals surface area contributed by atoms with Gasteiger partial charge in [-0.15, -0.1) is 0 Å². The Bertz CT molecular complexity index is 1330. The van der Waals surface area contributed by atoms with Crippen molar-refractivity contribution in [2.75, 3.05) is 43.6 Å². The fourth-order valence-corrected chi connectivity index (χ4v) is 5.05. The van der Waals surface area contributed by atoms with Crippen LogP contribution in [0.15, 0.2) is 59.5 Å². The molecule has 0 N–H and O–H groups in total. The number of nitrogens with zero attached hydrogens (tertiary/aromatic N) is 3. The first kappa shape index (κ1) is 23.7. The van der Waals surface area contributed by atoms with E-state index in [1.54, 1.807) is 35.2 Å². The number of methoxy groups -OCH3 is 1. The average molecular weight is 494 g/mol. The maximum atomic E-state index is 13.4. The second-order valence-electron chi connectivity index (χ2n) is 7.78. The van der Waals surface area contributed by atoms with Crippen molar-refractivity contribution in [2.45, 2.75) is 11.1 Å². The van der Waals surface area contributed by atoms with Gasteiger partial charge in [-0.2, -0.15) is 13.2 Å². The number of hydrogen-bond donors (Lipinski definition) is 0. The minimum atomic E-state index is -4.66. The van der Waals surface area contributed by atoms with E-state index >= 15 is 0 Å². The third-order valence-corrected chi connectivity index (χ3v) is 7.11. The molecule has 0 fully saturated rings. The Balaban J connectivity index is 1.80. The highest BCUT2D eigenvalue weighted by atomic mass is 32.2. The second kappa shape index (κ2) is 8.71. The third-order valence-electron chi connectivity index (χ3n) is 5.30. The summed E-state index contributed by atoms with van der Waals surface area (Å²) >= 11 is 0. The van der Waals surface area contributed by atoms with Gasteiger partial charge in [-0.1, -0.05) is 6.07 Å². The van der Waals surface area contributed by atoms with Crippen LogP contribution < -0.4 is 18.7 Å². The molecule has 0 bridgehead atoms. The third kappa shape index (κ3) is 4.47. The number of benzene rings is 2. The predicted molar refractivity (Wildman–Crippen MR) is 122 cm³/mol. The molecule has 11 heteroatoms.